The Morgan fingerprint density at radius 1 is 0.724 bits per heavy atom. The zero-order valence-electron chi connectivity index (χ0n) is 18.8. The first-order valence-electron chi connectivity index (χ1n) is 11.9. The Morgan fingerprint density at radius 3 is 2.10 bits per heavy atom. The summed E-state index contributed by atoms with van der Waals surface area (Å²) in [7, 11) is 0. The summed E-state index contributed by atoms with van der Waals surface area (Å²) >= 11 is 0. The third-order valence-electron chi connectivity index (χ3n) is 6.12. The molecule has 0 saturated heterocycles. The van der Waals surface area contributed by atoms with Crippen LogP contribution in [0.2, 0.25) is 0 Å². The van der Waals surface area contributed by atoms with E-state index in [4.69, 9.17) is 6.42 Å². The van der Waals surface area contributed by atoms with E-state index in [1.54, 1.807) is 0 Å². The lowest BCUT2D eigenvalue weighted by Gasteiger charge is -2.17. The molecular weight excluding hydrogens is 348 g/mol. The highest BCUT2D eigenvalue weighted by molar-refractivity contribution is 5.68. The van der Waals surface area contributed by atoms with Gasteiger partial charge in [-0.25, -0.2) is 0 Å². The minimum atomic E-state index is 0.915. The Balaban J connectivity index is 1.90. The topological polar surface area (TPSA) is 0 Å². The molecule has 0 fully saturated rings. The first-order valence-corrected chi connectivity index (χ1v) is 11.9. The van der Waals surface area contributed by atoms with Crippen molar-refractivity contribution in [2.75, 3.05) is 0 Å². The van der Waals surface area contributed by atoms with Crippen LogP contribution in [0.25, 0.3) is 11.1 Å². The molecule has 156 valence electrons. The van der Waals surface area contributed by atoms with Gasteiger partial charge in [0.15, 0.2) is 0 Å². The number of hydrogen-bond acceptors (Lipinski definition) is 0. The maximum absolute atomic E-state index is 5.51. The highest BCUT2D eigenvalue weighted by Crippen LogP contribution is 2.28. The lowest BCUT2D eigenvalue weighted by molar-refractivity contribution is 0.378. The van der Waals surface area contributed by atoms with E-state index in [2.05, 4.69) is 56.2 Å². The number of unbranched alkanes of at least 4 members (excludes halogenated alkanes) is 5. The fourth-order valence-corrected chi connectivity index (χ4v) is 4.31. The summed E-state index contributed by atoms with van der Waals surface area (Å²) in [4.78, 5) is 0. The molecule has 0 aliphatic rings. The van der Waals surface area contributed by atoms with Gasteiger partial charge in [0.05, 0.1) is 0 Å². The van der Waals surface area contributed by atoms with Crippen LogP contribution in [0.3, 0.4) is 0 Å². The summed E-state index contributed by atoms with van der Waals surface area (Å²) < 4.78 is 0. The van der Waals surface area contributed by atoms with Crippen LogP contribution >= 0.6 is 0 Å². The van der Waals surface area contributed by atoms with Crippen LogP contribution in [0.15, 0.2) is 48.5 Å². The predicted octanol–water partition coefficient (Wildman–Crippen LogP) is 8.82. The Hall–Kier alpha value is -2.00. The first-order chi connectivity index (χ1) is 14.3. The molecule has 2 aromatic carbocycles. The van der Waals surface area contributed by atoms with Crippen molar-refractivity contribution in [1.82, 2.24) is 0 Å². The van der Waals surface area contributed by atoms with Gasteiger partial charge in [-0.05, 0) is 47.6 Å². The van der Waals surface area contributed by atoms with Crippen LogP contribution in [-0.2, 0) is 6.42 Å². The van der Waals surface area contributed by atoms with E-state index >= 15 is 0 Å². The smallest absolute Gasteiger partial charge is 0.0243 e. The Labute approximate surface area is 180 Å². The average molecular weight is 389 g/mol. The zero-order chi connectivity index (χ0) is 20.7. The molecular formula is C29H40. The third kappa shape index (κ3) is 8.49. The van der Waals surface area contributed by atoms with Crippen molar-refractivity contribution in [2.45, 2.75) is 90.9 Å². The van der Waals surface area contributed by atoms with E-state index in [1.807, 2.05) is 12.1 Å². The second kappa shape index (κ2) is 14.1. The minimum Gasteiger partial charge on any atom is -0.115 e. The summed E-state index contributed by atoms with van der Waals surface area (Å²) in [5, 5.41) is 0. The lowest BCUT2D eigenvalue weighted by Crippen LogP contribution is -2.02. The van der Waals surface area contributed by atoms with E-state index in [0.29, 0.717) is 0 Å². The molecule has 0 bridgehead atoms. The van der Waals surface area contributed by atoms with Crippen molar-refractivity contribution in [3.8, 4) is 23.5 Å². The standard InChI is InChI=1S/C29H40/c1-4-7-9-10-11-16-26(15-8-5-2)17-14-19-27-18-12-13-20-29(27)28-23-21-25(6-3)22-24-28/h3,12-13,18,20-24,26H,4-5,7-11,14-17,19H2,1-2H3. The minimum absolute atomic E-state index is 0.915. The Bertz CT molecular complexity index is 716. The van der Waals surface area contributed by atoms with Crippen molar-refractivity contribution < 1.29 is 0 Å². The summed E-state index contributed by atoms with van der Waals surface area (Å²) in [6.45, 7) is 4.62. The van der Waals surface area contributed by atoms with E-state index in [1.165, 1.54) is 93.7 Å². The van der Waals surface area contributed by atoms with Crippen LogP contribution in [0.1, 0.15) is 95.6 Å². The van der Waals surface area contributed by atoms with Crippen LogP contribution in [0.5, 0.6) is 0 Å². The lowest BCUT2D eigenvalue weighted by atomic mass is 9.88. The first kappa shape index (κ1) is 23.3. The average Bonchev–Trinajstić information content (AvgIpc) is 2.77. The number of terminal acetylenes is 1. The number of rotatable bonds is 14. The molecule has 0 spiro atoms. The van der Waals surface area contributed by atoms with Gasteiger partial charge >= 0.3 is 0 Å². The van der Waals surface area contributed by atoms with Gasteiger partial charge in [0.1, 0.15) is 0 Å². The Kier molecular flexibility index (Phi) is 11.3. The van der Waals surface area contributed by atoms with Gasteiger partial charge in [-0.15, -0.1) is 6.42 Å². The van der Waals surface area contributed by atoms with Gasteiger partial charge < -0.3 is 0 Å². The van der Waals surface area contributed by atoms with Crippen molar-refractivity contribution in [1.29, 1.82) is 0 Å². The molecule has 0 heteroatoms. The molecule has 0 nitrogen and oxygen atoms in total. The molecule has 2 rings (SSSR count). The molecule has 0 aromatic heterocycles. The van der Waals surface area contributed by atoms with Crippen molar-refractivity contribution in [2.24, 2.45) is 5.92 Å². The normalized spacial score (nSPS) is 11.9. The SMILES string of the molecule is C#Cc1ccc(-c2ccccc2CCCC(CCCC)CCCCCCC)cc1. The van der Waals surface area contributed by atoms with E-state index in [-0.39, 0.29) is 0 Å². The molecule has 1 unspecified atom stereocenters. The van der Waals surface area contributed by atoms with Crippen molar-refractivity contribution in [3.63, 3.8) is 0 Å². The van der Waals surface area contributed by atoms with Gasteiger partial charge in [0.25, 0.3) is 0 Å². The highest BCUT2D eigenvalue weighted by Gasteiger charge is 2.10. The monoisotopic (exact) mass is 388 g/mol. The summed E-state index contributed by atoms with van der Waals surface area (Å²) in [6.07, 6.45) is 21.9. The van der Waals surface area contributed by atoms with Gasteiger partial charge in [-0.2, -0.15) is 0 Å². The fourth-order valence-electron chi connectivity index (χ4n) is 4.31. The Morgan fingerprint density at radius 2 is 1.38 bits per heavy atom. The summed E-state index contributed by atoms with van der Waals surface area (Å²) in [5.41, 5.74) is 5.06. The van der Waals surface area contributed by atoms with Gasteiger partial charge in [-0.1, -0.05) is 120 Å². The molecule has 0 amide bonds. The molecule has 0 heterocycles. The molecule has 0 N–H and O–H groups in total. The second-order valence-electron chi connectivity index (χ2n) is 8.48. The van der Waals surface area contributed by atoms with Gasteiger partial charge in [-0.3, -0.25) is 0 Å². The molecule has 0 aliphatic heterocycles. The largest absolute Gasteiger partial charge is 0.115 e. The summed E-state index contributed by atoms with van der Waals surface area (Å²) in [6, 6.07) is 17.3. The van der Waals surface area contributed by atoms with Crippen molar-refractivity contribution in [3.05, 3.63) is 59.7 Å². The molecule has 0 saturated carbocycles. The van der Waals surface area contributed by atoms with Crippen LogP contribution in [-0.4, -0.2) is 0 Å². The van der Waals surface area contributed by atoms with E-state index < -0.39 is 0 Å². The molecule has 2 aromatic rings. The van der Waals surface area contributed by atoms with Gasteiger partial charge in [0, 0.05) is 5.56 Å². The molecule has 0 aliphatic carbocycles. The number of hydrogen-bond donors (Lipinski definition) is 0. The predicted molar refractivity (Wildman–Crippen MR) is 129 cm³/mol. The maximum Gasteiger partial charge on any atom is 0.0243 e. The summed E-state index contributed by atoms with van der Waals surface area (Å²) in [5.74, 6) is 3.63. The quantitative estimate of drug-likeness (QED) is 0.224. The van der Waals surface area contributed by atoms with Crippen LogP contribution < -0.4 is 0 Å². The van der Waals surface area contributed by atoms with Crippen LogP contribution in [0, 0.1) is 18.3 Å². The zero-order valence-corrected chi connectivity index (χ0v) is 18.8. The number of benzene rings is 2. The molecule has 29 heavy (non-hydrogen) atoms. The van der Waals surface area contributed by atoms with Gasteiger partial charge in [0.2, 0.25) is 0 Å². The highest BCUT2D eigenvalue weighted by atomic mass is 14.2. The fraction of sp³-hybridized carbons (Fsp3) is 0.517. The number of aryl methyl sites for hydroxylation is 1. The van der Waals surface area contributed by atoms with Crippen molar-refractivity contribution >= 4 is 0 Å². The van der Waals surface area contributed by atoms with E-state index in [9.17, 15) is 0 Å². The molecule has 1 atom stereocenters. The maximum atomic E-state index is 5.51. The van der Waals surface area contributed by atoms with E-state index in [0.717, 1.165) is 11.5 Å². The molecule has 0 radical (unpaired) electrons. The third-order valence-corrected chi connectivity index (χ3v) is 6.12. The second-order valence-corrected chi connectivity index (χ2v) is 8.48. The van der Waals surface area contributed by atoms with Crippen LogP contribution in [0.4, 0.5) is 0 Å².